The zero-order chi connectivity index (χ0) is 18.5. The standard InChI is InChI=1S/C17H22F3N3O/c1-5-13(15(22-4)17(18,19)20)16(24)23-9-14-10(2)6-12(8-21)7-11(14)3/h5-7H,8-9,21H2,1-4H3,(H,23,24)/b13-5+,22-15?. The van der Waals surface area contributed by atoms with Gasteiger partial charge in [0, 0.05) is 20.1 Å². The van der Waals surface area contributed by atoms with E-state index in [-0.39, 0.29) is 6.54 Å². The number of hydrogen-bond donors (Lipinski definition) is 2. The molecule has 0 aliphatic carbocycles. The van der Waals surface area contributed by atoms with Crippen molar-refractivity contribution in [3.05, 3.63) is 46.0 Å². The summed E-state index contributed by atoms with van der Waals surface area (Å²) in [5.74, 6) is -0.808. The number of rotatable bonds is 5. The molecule has 0 spiro atoms. The van der Waals surface area contributed by atoms with Crippen molar-refractivity contribution in [3.63, 3.8) is 0 Å². The van der Waals surface area contributed by atoms with Crippen LogP contribution in [0.25, 0.3) is 0 Å². The van der Waals surface area contributed by atoms with Crippen LogP contribution in [0.1, 0.15) is 29.2 Å². The molecule has 1 aromatic carbocycles. The molecule has 0 saturated carbocycles. The number of amides is 1. The van der Waals surface area contributed by atoms with Crippen LogP contribution in [0.15, 0.2) is 28.8 Å². The summed E-state index contributed by atoms with van der Waals surface area (Å²) in [5, 5.41) is 2.54. The molecule has 0 unspecified atom stereocenters. The number of aliphatic imine (C=N–C) groups is 1. The van der Waals surface area contributed by atoms with Gasteiger partial charge in [-0.25, -0.2) is 0 Å². The van der Waals surface area contributed by atoms with Gasteiger partial charge in [-0.2, -0.15) is 13.2 Å². The molecule has 7 heteroatoms. The van der Waals surface area contributed by atoms with Gasteiger partial charge >= 0.3 is 6.18 Å². The van der Waals surface area contributed by atoms with Crippen LogP contribution in [0.3, 0.4) is 0 Å². The fourth-order valence-corrected chi connectivity index (χ4v) is 2.52. The van der Waals surface area contributed by atoms with Crippen molar-refractivity contribution in [3.8, 4) is 0 Å². The smallest absolute Gasteiger partial charge is 0.348 e. The monoisotopic (exact) mass is 341 g/mol. The summed E-state index contributed by atoms with van der Waals surface area (Å²) >= 11 is 0. The number of nitrogens with two attached hydrogens (primary N) is 1. The van der Waals surface area contributed by atoms with Crippen LogP contribution in [-0.4, -0.2) is 24.8 Å². The molecule has 0 aliphatic rings. The summed E-state index contributed by atoms with van der Waals surface area (Å²) in [7, 11) is 1.01. The van der Waals surface area contributed by atoms with E-state index in [9.17, 15) is 18.0 Å². The molecule has 0 saturated heterocycles. The first-order valence-electron chi connectivity index (χ1n) is 7.43. The first kappa shape index (κ1) is 19.9. The highest BCUT2D eigenvalue weighted by Crippen LogP contribution is 2.23. The Kier molecular flexibility index (Phi) is 6.71. The Hall–Kier alpha value is -2.15. The number of aryl methyl sites for hydroxylation is 2. The second-order valence-corrected chi connectivity index (χ2v) is 5.37. The summed E-state index contributed by atoms with van der Waals surface area (Å²) in [5.41, 5.74) is 7.62. The number of nitrogens with one attached hydrogen (secondary N) is 1. The summed E-state index contributed by atoms with van der Waals surface area (Å²) < 4.78 is 38.8. The maximum absolute atomic E-state index is 12.9. The molecule has 0 heterocycles. The van der Waals surface area contributed by atoms with Gasteiger partial charge in [-0.1, -0.05) is 18.2 Å². The first-order valence-corrected chi connectivity index (χ1v) is 7.43. The van der Waals surface area contributed by atoms with Crippen LogP contribution >= 0.6 is 0 Å². The Morgan fingerprint density at radius 3 is 2.21 bits per heavy atom. The van der Waals surface area contributed by atoms with E-state index in [1.165, 1.54) is 6.92 Å². The molecular formula is C17H22F3N3O. The normalized spacial score (nSPS) is 13.2. The maximum atomic E-state index is 12.9. The van der Waals surface area contributed by atoms with E-state index in [4.69, 9.17) is 5.73 Å². The van der Waals surface area contributed by atoms with Crippen LogP contribution in [0.4, 0.5) is 13.2 Å². The summed E-state index contributed by atoms with van der Waals surface area (Å²) in [6.07, 6.45) is -3.56. The molecule has 4 nitrogen and oxygen atoms in total. The van der Waals surface area contributed by atoms with Gasteiger partial charge in [-0.05, 0) is 43.0 Å². The number of nitrogens with zero attached hydrogens (tertiary/aromatic N) is 1. The second kappa shape index (κ2) is 8.10. The first-order chi connectivity index (χ1) is 11.1. The van der Waals surface area contributed by atoms with Crippen molar-refractivity contribution < 1.29 is 18.0 Å². The van der Waals surface area contributed by atoms with Gasteiger partial charge in [0.2, 0.25) is 0 Å². The van der Waals surface area contributed by atoms with E-state index >= 15 is 0 Å². The van der Waals surface area contributed by atoms with Crippen molar-refractivity contribution in [2.75, 3.05) is 7.05 Å². The van der Waals surface area contributed by atoms with E-state index in [1.54, 1.807) is 0 Å². The summed E-state index contributed by atoms with van der Waals surface area (Å²) in [4.78, 5) is 15.4. The third kappa shape index (κ3) is 4.67. The van der Waals surface area contributed by atoms with E-state index in [0.29, 0.717) is 6.54 Å². The Balaban J connectivity index is 2.97. The van der Waals surface area contributed by atoms with Gasteiger partial charge in [-0.3, -0.25) is 9.79 Å². The number of benzene rings is 1. The lowest BCUT2D eigenvalue weighted by Crippen LogP contribution is -2.35. The minimum atomic E-state index is -4.68. The molecule has 24 heavy (non-hydrogen) atoms. The third-order valence-corrected chi connectivity index (χ3v) is 3.70. The Morgan fingerprint density at radius 1 is 1.29 bits per heavy atom. The van der Waals surface area contributed by atoms with Gasteiger partial charge in [0.15, 0.2) is 5.71 Å². The second-order valence-electron chi connectivity index (χ2n) is 5.37. The lowest BCUT2D eigenvalue weighted by Gasteiger charge is -2.16. The van der Waals surface area contributed by atoms with Gasteiger partial charge in [-0.15, -0.1) is 0 Å². The highest BCUT2D eigenvalue weighted by atomic mass is 19.4. The number of allylic oxidation sites excluding steroid dienone is 1. The lowest BCUT2D eigenvalue weighted by atomic mass is 9.99. The van der Waals surface area contributed by atoms with Crippen molar-refractivity contribution in [1.82, 2.24) is 5.32 Å². The summed E-state index contributed by atoms with van der Waals surface area (Å²) in [6, 6.07) is 3.80. The van der Waals surface area contributed by atoms with Crippen LogP contribution in [0.5, 0.6) is 0 Å². The molecule has 1 rings (SSSR count). The van der Waals surface area contributed by atoms with E-state index in [2.05, 4.69) is 10.3 Å². The summed E-state index contributed by atoms with van der Waals surface area (Å²) in [6.45, 7) is 5.66. The zero-order valence-corrected chi connectivity index (χ0v) is 14.2. The third-order valence-electron chi connectivity index (χ3n) is 3.70. The average molecular weight is 341 g/mol. The average Bonchev–Trinajstić information content (AvgIpc) is 2.49. The van der Waals surface area contributed by atoms with Crippen LogP contribution < -0.4 is 11.1 Å². The van der Waals surface area contributed by atoms with Crippen LogP contribution in [-0.2, 0) is 17.9 Å². The van der Waals surface area contributed by atoms with Crippen molar-refractivity contribution in [2.24, 2.45) is 10.7 Å². The largest absolute Gasteiger partial charge is 0.433 e. The van der Waals surface area contributed by atoms with Gasteiger partial charge in [0.25, 0.3) is 5.91 Å². The minimum absolute atomic E-state index is 0.132. The highest BCUT2D eigenvalue weighted by Gasteiger charge is 2.39. The number of carbonyl (C=O) groups excluding carboxylic acids is 1. The van der Waals surface area contributed by atoms with Crippen molar-refractivity contribution in [1.29, 1.82) is 0 Å². The molecule has 0 aromatic heterocycles. The molecular weight excluding hydrogens is 319 g/mol. The molecule has 0 radical (unpaired) electrons. The molecule has 132 valence electrons. The van der Waals surface area contributed by atoms with E-state index < -0.39 is 23.4 Å². The molecule has 0 bridgehead atoms. The quantitative estimate of drug-likeness (QED) is 0.639. The lowest BCUT2D eigenvalue weighted by molar-refractivity contribution is -0.117. The van der Waals surface area contributed by atoms with Gasteiger partial charge in [0.1, 0.15) is 0 Å². The molecule has 0 fully saturated rings. The zero-order valence-electron chi connectivity index (χ0n) is 14.2. The Bertz CT molecular complexity index is 653. The van der Waals surface area contributed by atoms with Gasteiger partial charge in [0.05, 0.1) is 5.57 Å². The fourth-order valence-electron chi connectivity index (χ4n) is 2.52. The van der Waals surface area contributed by atoms with Crippen molar-refractivity contribution >= 4 is 11.6 Å². The molecule has 0 atom stereocenters. The molecule has 3 N–H and O–H groups in total. The minimum Gasteiger partial charge on any atom is -0.348 e. The topological polar surface area (TPSA) is 67.5 Å². The fraction of sp³-hybridized carbons (Fsp3) is 0.412. The number of alkyl halides is 3. The maximum Gasteiger partial charge on any atom is 0.433 e. The van der Waals surface area contributed by atoms with Crippen LogP contribution in [0, 0.1) is 13.8 Å². The number of carbonyl (C=O) groups is 1. The Labute approximate surface area is 139 Å². The molecule has 1 amide bonds. The molecule has 0 aliphatic heterocycles. The molecule has 1 aromatic rings. The highest BCUT2D eigenvalue weighted by molar-refractivity contribution is 6.23. The number of halogens is 3. The van der Waals surface area contributed by atoms with E-state index in [1.807, 2.05) is 26.0 Å². The number of hydrogen-bond acceptors (Lipinski definition) is 3. The van der Waals surface area contributed by atoms with Crippen LogP contribution in [0.2, 0.25) is 0 Å². The SMILES string of the molecule is C/C=C(/C(=O)NCc1c(C)cc(CN)cc1C)C(=NC)C(F)(F)F. The Morgan fingerprint density at radius 2 is 1.83 bits per heavy atom. The predicted octanol–water partition coefficient (Wildman–Crippen LogP) is 2.96. The van der Waals surface area contributed by atoms with E-state index in [0.717, 1.165) is 35.4 Å². The van der Waals surface area contributed by atoms with Gasteiger partial charge < -0.3 is 11.1 Å². The predicted molar refractivity (Wildman–Crippen MR) is 88.8 cm³/mol. The van der Waals surface area contributed by atoms with Crippen molar-refractivity contribution in [2.45, 2.75) is 40.0 Å².